The fourth-order valence-electron chi connectivity index (χ4n) is 3.56. The van der Waals surface area contributed by atoms with Crippen LogP contribution in [0.2, 0.25) is 0 Å². The second kappa shape index (κ2) is 9.43. The van der Waals surface area contributed by atoms with E-state index in [1.807, 2.05) is 57.1 Å². The van der Waals surface area contributed by atoms with Gasteiger partial charge in [-0.3, -0.25) is 0 Å². The van der Waals surface area contributed by atoms with Gasteiger partial charge in [0.2, 0.25) is 0 Å². The molecule has 1 aliphatic rings. The van der Waals surface area contributed by atoms with Crippen molar-refractivity contribution < 1.29 is 4.79 Å². The number of urea groups is 1. The Morgan fingerprint density at radius 3 is 2.41 bits per heavy atom. The Bertz CT molecular complexity index is 864. The summed E-state index contributed by atoms with van der Waals surface area (Å²) in [5.41, 5.74) is 1.86. The molecule has 1 heterocycles. The van der Waals surface area contributed by atoms with Gasteiger partial charge in [-0.2, -0.15) is 0 Å². The number of benzene rings is 1. The summed E-state index contributed by atoms with van der Waals surface area (Å²) in [6, 6.07) is 8.20. The third-order valence-corrected chi connectivity index (χ3v) is 5.63. The molecule has 1 saturated carbocycles. The quantitative estimate of drug-likeness (QED) is 0.612. The Morgan fingerprint density at radius 1 is 1.07 bits per heavy atom. The van der Waals surface area contributed by atoms with E-state index in [1.54, 1.807) is 0 Å². The SMILES string of the molecule is Cc1nc(NC2CCC(NC(=O)Nc3ccc(Br)cc3C)CC2)cc(N(C)C)n1. The van der Waals surface area contributed by atoms with E-state index in [0.717, 1.165) is 58.9 Å². The molecular formula is C21H29BrN6O. The maximum atomic E-state index is 12.4. The van der Waals surface area contributed by atoms with Crippen LogP contribution < -0.4 is 20.9 Å². The minimum Gasteiger partial charge on any atom is -0.367 e. The first kappa shape index (κ1) is 21.4. The van der Waals surface area contributed by atoms with E-state index in [-0.39, 0.29) is 12.1 Å². The van der Waals surface area contributed by atoms with Crippen molar-refractivity contribution in [3.63, 3.8) is 0 Å². The van der Waals surface area contributed by atoms with Crippen molar-refractivity contribution in [1.82, 2.24) is 15.3 Å². The Kier molecular flexibility index (Phi) is 6.95. The van der Waals surface area contributed by atoms with Crippen molar-refractivity contribution in [2.45, 2.75) is 51.6 Å². The monoisotopic (exact) mass is 460 g/mol. The Morgan fingerprint density at radius 2 is 1.76 bits per heavy atom. The Balaban J connectivity index is 1.48. The average molecular weight is 461 g/mol. The standard InChI is InChI=1S/C21H29BrN6O/c1-13-11-15(22)5-10-18(13)27-21(29)26-17-8-6-16(7-9-17)25-19-12-20(28(3)4)24-14(2)23-19/h5,10-12,16-17H,6-9H2,1-4H3,(H,23,24,25)(H2,26,27,29). The molecule has 0 radical (unpaired) electrons. The van der Waals surface area contributed by atoms with Crippen LogP contribution in [0.3, 0.4) is 0 Å². The van der Waals surface area contributed by atoms with Crippen molar-refractivity contribution in [2.24, 2.45) is 0 Å². The normalized spacial score (nSPS) is 18.8. The number of nitrogens with zero attached hydrogens (tertiary/aromatic N) is 3. The summed E-state index contributed by atoms with van der Waals surface area (Å²) in [6.45, 7) is 3.89. The van der Waals surface area contributed by atoms with Gasteiger partial charge in [-0.05, 0) is 63.3 Å². The Labute approximate surface area is 180 Å². The number of hydrogen-bond acceptors (Lipinski definition) is 5. The average Bonchev–Trinajstić information content (AvgIpc) is 2.65. The van der Waals surface area contributed by atoms with Crippen molar-refractivity contribution in [1.29, 1.82) is 0 Å². The maximum absolute atomic E-state index is 12.4. The van der Waals surface area contributed by atoms with Gasteiger partial charge in [0.15, 0.2) is 0 Å². The number of nitrogens with one attached hydrogen (secondary N) is 3. The minimum atomic E-state index is -0.145. The van der Waals surface area contributed by atoms with Crippen LogP contribution in [0.1, 0.15) is 37.1 Å². The highest BCUT2D eigenvalue weighted by molar-refractivity contribution is 9.10. The van der Waals surface area contributed by atoms with Crippen LogP contribution in [0.5, 0.6) is 0 Å². The molecule has 1 aliphatic carbocycles. The van der Waals surface area contributed by atoms with Gasteiger partial charge in [0, 0.05) is 42.4 Å². The lowest BCUT2D eigenvalue weighted by atomic mass is 9.91. The van der Waals surface area contributed by atoms with E-state index in [0.29, 0.717) is 6.04 Å². The number of halogens is 1. The van der Waals surface area contributed by atoms with Gasteiger partial charge < -0.3 is 20.9 Å². The highest BCUT2D eigenvalue weighted by Crippen LogP contribution is 2.24. The maximum Gasteiger partial charge on any atom is 0.319 e. The van der Waals surface area contributed by atoms with Crippen molar-refractivity contribution >= 4 is 39.3 Å². The molecule has 8 heteroatoms. The van der Waals surface area contributed by atoms with Crippen LogP contribution in [0.25, 0.3) is 0 Å². The smallest absolute Gasteiger partial charge is 0.319 e. The van der Waals surface area contributed by atoms with E-state index >= 15 is 0 Å². The zero-order valence-corrected chi connectivity index (χ0v) is 19.0. The summed E-state index contributed by atoms with van der Waals surface area (Å²) >= 11 is 3.44. The van der Waals surface area contributed by atoms with Crippen LogP contribution in [-0.2, 0) is 0 Å². The lowest BCUT2D eigenvalue weighted by molar-refractivity contribution is 0.243. The molecule has 0 unspecified atom stereocenters. The number of amides is 2. The molecule has 3 rings (SSSR count). The van der Waals surface area contributed by atoms with E-state index in [2.05, 4.69) is 41.8 Å². The number of aryl methyl sites for hydroxylation is 2. The first-order valence-corrected chi connectivity index (χ1v) is 10.7. The molecule has 2 aromatic rings. The van der Waals surface area contributed by atoms with Crippen LogP contribution in [-0.4, -0.2) is 42.2 Å². The molecule has 0 saturated heterocycles. The second-order valence-electron chi connectivity index (χ2n) is 7.80. The molecule has 0 spiro atoms. The van der Waals surface area contributed by atoms with Gasteiger partial charge in [-0.1, -0.05) is 15.9 Å². The number of rotatable bonds is 5. The number of hydrogen-bond donors (Lipinski definition) is 3. The summed E-state index contributed by atoms with van der Waals surface area (Å²) in [6.07, 6.45) is 3.86. The molecule has 0 atom stereocenters. The highest BCUT2D eigenvalue weighted by Gasteiger charge is 2.23. The molecule has 156 valence electrons. The largest absolute Gasteiger partial charge is 0.367 e. The summed E-state index contributed by atoms with van der Waals surface area (Å²) < 4.78 is 1.00. The zero-order chi connectivity index (χ0) is 21.0. The Hall–Kier alpha value is -2.35. The summed E-state index contributed by atoms with van der Waals surface area (Å²) in [5, 5.41) is 9.59. The predicted octanol–water partition coefficient (Wildman–Crippen LogP) is 4.47. The number of aromatic nitrogens is 2. The third-order valence-electron chi connectivity index (χ3n) is 5.13. The summed E-state index contributed by atoms with van der Waals surface area (Å²) in [4.78, 5) is 23.3. The van der Waals surface area contributed by atoms with E-state index in [9.17, 15) is 4.79 Å². The molecule has 1 aromatic carbocycles. The van der Waals surface area contributed by atoms with Gasteiger partial charge in [0.1, 0.15) is 17.5 Å². The molecule has 0 aliphatic heterocycles. The van der Waals surface area contributed by atoms with Crippen molar-refractivity contribution in [2.75, 3.05) is 29.6 Å². The molecule has 1 aromatic heterocycles. The molecule has 1 fully saturated rings. The number of anilines is 3. The van der Waals surface area contributed by atoms with Crippen LogP contribution in [0, 0.1) is 13.8 Å². The third kappa shape index (κ3) is 6.06. The van der Waals surface area contributed by atoms with Gasteiger partial charge in [-0.25, -0.2) is 14.8 Å². The second-order valence-corrected chi connectivity index (χ2v) is 8.72. The van der Waals surface area contributed by atoms with Crippen molar-refractivity contribution in [3.8, 4) is 0 Å². The lowest BCUT2D eigenvalue weighted by Gasteiger charge is -2.30. The summed E-state index contributed by atoms with van der Waals surface area (Å²) in [7, 11) is 3.95. The van der Waals surface area contributed by atoms with Gasteiger partial charge in [-0.15, -0.1) is 0 Å². The molecule has 2 amide bonds. The molecule has 29 heavy (non-hydrogen) atoms. The highest BCUT2D eigenvalue weighted by atomic mass is 79.9. The predicted molar refractivity (Wildman–Crippen MR) is 122 cm³/mol. The van der Waals surface area contributed by atoms with E-state index in [1.165, 1.54) is 0 Å². The van der Waals surface area contributed by atoms with Gasteiger partial charge in [0.25, 0.3) is 0 Å². The van der Waals surface area contributed by atoms with Crippen molar-refractivity contribution in [3.05, 3.63) is 40.1 Å². The minimum absolute atomic E-state index is 0.145. The fraction of sp³-hybridized carbons (Fsp3) is 0.476. The topological polar surface area (TPSA) is 82.2 Å². The number of carbonyl (C=O) groups is 1. The van der Waals surface area contributed by atoms with E-state index in [4.69, 9.17) is 0 Å². The fourth-order valence-corrected chi connectivity index (χ4v) is 4.03. The lowest BCUT2D eigenvalue weighted by Crippen LogP contribution is -2.42. The molecule has 3 N–H and O–H groups in total. The molecular weight excluding hydrogens is 432 g/mol. The summed E-state index contributed by atoms with van der Waals surface area (Å²) in [5.74, 6) is 2.52. The molecule has 7 nitrogen and oxygen atoms in total. The zero-order valence-electron chi connectivity index (χ0n) is 17.4. The van der Waals surface area contributed by atoms with E-state index < -0.39 is 0 Å². The molecule has 0 bridgehead atoms. The first-order chi connectivity index (χ1) is 13.8. The number of carbonyl (C=O) groups excluding carboxylic acids is 1. The first-order valence-electron chi connectivity index (χ1n) is 9.93. The van der Waals surface area contributed by atoms with Gasteiger partial charge >= 0.3 is 6.03 Å². The van der Waals surface area contributed by atoms with Crippen LogP contribution in [0.15, 0.2) is 28.7 Å². The van der Waals surface area contributed by atoms with Gasteiger partial charge in [0.05, 0.1) is 0 Å². The van der Waals surface area contributed by atoms with Crippen LogP contribution >= 0.6 is 15.9 Å². The van der Waals surface area contributed by atoms with Crippen LogP contribution in [0.4, 0.5) is 22.1 Å².